The largest absolute Gasteiger partial charge is 0.495 e. The van der Waals surface area contributed by atoms with Crippen molar-refractivity contribution in [3.05, 3.63) is 60.6 Å². The summed E-state index contributed by atoms with van der Waals surface area (Å²) >= 11 is 0. The van der Waals surface area contributed by atoms with Gasteiger partial charge in [-0.2, -0.15) is 0 Å². The van der Waals surface area contributed by atoms with Gasteiger partial charge < -0.3 is 14.5 Å². The van der Waals surface area contributed by atoms with E-state index in [9.17, 15) is 4.79 Å². The molecule has 0 saturated heterocycles. The summed E-state index contributed by atoms with van der Waals surface area (Å²) in [5.41, 5.74) is 2.22. The maximum absolute atomic E-state index is 12.1. The summed E-state index contributed by atoms with van der Waals surface area (Å²) in [6, 6.07) is 13.1. The summed E-state index contributed by atoms with van der Waals surface area (Å²) in [5, 5.41) is 2.84. The lowest BCUT2D eigenvalue weighted by molar-refractivity contribution is -0.115. The van der Waals surface area contributed by atoms with Gasteiger partial charge in [0.15, 0.2) is 0 Å². The van der Waals surface area contributed by atoms with E-state index in [1.54, 1.807) is 19.2 Å². The second-order valence-corrected chi connectivity index (χ2v) is 4.62. The molecule has 0 saturated carbocycles. The standard InChI is InChI=1S/C16H15N3O2/c1-21-14-7-3-2-6-13(14)18-16(20)10-12-11-19-9-5-4-8-15(19)17-12/h2-9,11H,10H2,1H3,(H,18,20). The SMILES string of the molecule is COc1ccccc1NC(=O)Cc1cn2ccccc2n1. The van der Waals surface area contributed by atoms with Gasteiger partial charge in [0.25, 0.3) is 0 Å². The Labute approximate surface area is 122 Å². The minimum Gasteiger partial charge on any atom is -0.495 e. The Morgan fingerprint density at radius 2 is 2.05 bits per heavy atom. The van der Waals surface area contributed by atoms with E-state index < -0.39 is 0 Å². The van der Waals surface area contributed by atoms with Gasteiger partial charge in [0, 0.05) is 12.4 Å². The second-order valence-electron chi connectivity index (χ2n) is 4.62. The van der Waals surface area contributed by atoms with Gasteiger partial charge in [0.05, 0.1) is 24.9 Å². The molecule has 0 aliphatic heterocycles. The minimum absolute atomic E-state index is 0.122. The average Bonchev–Trinajstić information content (AvgIpc) is 2.89. The van der Waals surface area contributed by atoms with Crippen molar-refractivity contribution in [2.24, 2.45) is 0 Å². The molecule has 0 radical (unpaired) electrons. The molecule has 0 aliphatic rings. The first kappa shape index (κ1) is 13.2. The van der Waals surface area contributed by atoms with E-state index in [0.29, 0.717) is 11.4 Å². The van der Waals surface area contributed by atoms with Gasteiger partial charge in [0.2, 0.25) is 5.91 Å². The number of pyridine rings is 1. The molecule has 1 N–H and O–H groups in total. The Kier molecular flexibility index (Phi) is 3.55. The van der Waals surface area contributed by atoms with Crippen LogP contribution in [0.1, 0.15) is 5.69 Å². The number of carbonyl (C=O) groups excluding carboxylic acids is 1. The number of anilines is 1. The molecule has 0 atom stereocenters. The molecule has 21 heavy (non-hydrogen) atoms. The number of para-hydroxylation sites is 2. The van der Waals surface area contributed by atoms with Gasteiger partial charge in [-0.1, -0.05) is 18.2 Å². The Balaban J connectivity index is 1.74. The number of nitrogens with one attached hydrogen (secondary N) is 1. The third kappa shape index (κ3) is 2.86. The molecule has 0 aliphatic carbocycles. The molecular formula is C16H15N3O2. The zero-order valence-corrected chi connectivity index (χ0v) is 11.6. The van der Waals surface area contributed by atoms with E-state index >= 15 is 0 Å². The summed E-state index contributed by atoms with van der Waals surface area (Å²) in [6.07, 6.45) is 3.99. The van der Waals surface area contributed by atoms with Crippen molar-refractivity contribution in [3.63, 3.8) is 0 Å². The van der Waals surface area contributed by atoms with Crippen LogP contribution in [0.25, 0.3) is 5.65 Å². The first-order valence-electron chi connectivity index (χ1n) is 6.62. The lowest BCUT2D eigenvalue weighted by Crippen LogP contribution is -2.15. The van der Waals surface area contributed by atoms with Crippen molar-refractivity contribution >= 4 is 17.2 Å². The number of methoxy groups -OCH3 is 1. The summed E-state index contributed by atoms with van der Waals surface area (Å²) in [5.74, 6) is 0.517. The number of aromatic nitrogens is 2. The molecule has 1 amide bonds. The summed E-state index contributed by atoms with van der Waals surface area (Å²) < 4.78 is 7.10. The normalized spacial score (nSPS) is 10.5. The predicted octanol–water partition coefficient (Wildman–Crippen LogP) is 2.52. The van der Waals surface area contributed by atoms with Crippen LogP contribution in [0.4, 0.5) is 5.69 Å². The van der Waals surface area contributed by atoms with Crippen LogP contribution in [0.15, 0.2) is 54.9 Å². The Bertz CT molecular complexity index is 747. The summed E-state index contributed by atoms with van der Waals surface area (Å²) in [6.45, 7) is 0. The van der Waals surface area contributed by atoms with Crippen molar-refractivity contribution in [1.82, 2.24) is 9.38 Å². The van der Waals surface area contributed by atoms with Gasteiger partial charge in [0.1, 0.15) is 11.4 Å². The van der Waals surface area contributed by atoms with Crippen LogP contribution in [0.2, 0.25) is 0 Å². The maximum Gasteiger partial charge on any atom is 0.230 e. The van der Waals surface area contributed by atoms with Gasteiger partial charge in [-0.25, -0.2) is 4.98 Å². The smallest absolute Gasteiger partial charge is 0.230 e. The number of fused-ring (bicyclic) bond motifs is 1. The van der Waals surface area contributed by atoms with Crippen molar-refractivity contribution in [1.29, 1.82) is 0 Å². The molecule has 5 nitrogen and oxygen atoms in total. The molecule has 0 spiro atoms. The van der Waals surface area contributed by atoms with Gasteiger partial charge in [-0.05, 0) is 24.3 Å². The molecule has 2 aromatic heterocycles. The molecule has 1 aromatic carbocycles. The van der Waals surface area contributed by atoms with E-state index in [-0.39, 0.29) is 12.3 Å². The van der Waals surface area contributed by atoms with E-state index in [0.717, 1.165) is 11.3 Å². The quantitative estimate of drug-likeness (QED) is 0.799. The predicted molar refractivity (Wildman–Crippen MR) is 80.5 cm³/mol. The zero-order valence-electron chi connectivity index (χ0n) is 11.6. The summed E-state index contributed by atoms with van der Waals surface area (Å²) in [4.78, 5) is 16.5. The van der Waals surface area contributed by atoms with Crippen molar-refractivity contribution in [3.8, 4) is 5.75 Å². The maximum atomic E-state index is 12.1. The number of hydrogen-bond donors (Lipinski definition) is 1. The van der Waals surface area contributed by atoms with Crippen molar-refractivity contribution in [2.75, 3.05) is 12.4 Å². The van der Waals surface area contributed by atoms with Crippen LogP contribution in [-0.4, -0.2) is 22.4 Å². The van der Waals surface area contributed by atoms with Crippen LogP contribution in [0.5, 0.6) is 5.75 Å². The molecular weight excluding hydrogens is 266 g/mol. The van der Waals surface area contributed by atoms with Crippen molar-refractivity contribution < 1.29 is 9.53 Å². The molecule has 0 fully saturated rings. The minimum atomic E-state index is -0.122. The number of carbonyl (C=O) groups is 1. The third-order valence-electron chi connectivity index (χ3n) is 3.14. The number of nitrogens with zero attached hydrogens (tertiary/aromatic N) is 2. The molecule has 2 heterocycles. The van der Waals surface area contributed by atoms with Crippen LogP contribution in [-0.2, 0) is 11.2 Å². The number of imidazole rings is 1. The van der Waals surface area contributed by atoms with E-state index in [1.807, 2.05) is 47.1 Å². The Morgan fingerprint density at radius 1 is 1.24 bits per heavy atom. The average molecular weight is 281 g/mol. The van der Waals surface area contributed by atoms with E-state index in [1.165, 1.54) is 0 Å². The zero-order chi connectivity index (χ0) is 14.7. The monoisotopic (exact) mass is 281 g/mol. The van der Waals surface area contributed by atoms with Gasteiger partial charge in [-0.3, -0.25) is 4.79 Å². The fourth-order valence-corrected chi connectivity index (χ4v) is 2.18. The van der Waals surface area contributed by atoms with Gasteiger partial charge >= 0.3 is 0 Å². The fourth-order valence-electron chi connectivity index (χ4n) is 2.18. The van der Waals surface area contributed by atoms with Crippen LogP contribution in [0.3, 0.4) is 0 Å². The van der Waals surface area contributed by atoms with Crippen LogP contribution < -0.4 is 10.1 Å². The second kappa shape index (κ2) is 5.66. The lowest BCUT2D eigenvalue weighted by Gasteiger charge is -2.08. The first-order chi connectivity index (χ1) is 10.3. The third-order valence-corrected chi connectivity index (χ3v) is 3.14. The van der Waals surface area contributed by atoms with Crippen molar-refractivity contribution in [2.45, 2.75) is 6.42 Å². The molecule has 0 bridgehead atoms. The Morgan fingerprint density at radius 3 is 2.86 bits per heavy atom. The Hall–Kier alpha value is -2.82. The van der Waals surface area contributed by atoms with Crippen LogP contribution in [0, 0.1) is 0 Å². The molecule has 0 unspecified atom stereocenters. The number of benzene rings is 1. The highest BCUT2D eigenvalue weighted by atomic mass is 16.5. The first-order valence-corrected chi connectivity index (χ1v) is 6.62. The topological polar surface area (TPSA) is 55.6 Å². The fraction of sp³-hybridized carbons (Fsp3) is 0.125. The number of rotatable bonds is 4. The van der Waals surface area contributed by atoms with Gasteiger partial charge in [-0.15, -0.1) is 0 Å². The highest BCUT2D eigenvalue weighted by Crippen LogP contribution is 2.23. The highest BCUT2D eigenvalue weighted by molar-refractivity contribution is 5.93. The summed E-state index contributed by atoms with van der Waals surface area (Å²) in [7, 11) is 1.58. The van der Waals surface area contributed by atoms with E-state index in [2.05, 4.69) is 10.3 Å². The van der Waals surface area contributed by atoms with E-state index in [4.69, 9.17) is 4.74 Å². The highest BCUT2D eigenvalue weighted by Gasteiger charge is 2.10. The van der Waals surface area contributed by atoms with Crippen LogP contribution >= 0.6 is 0 Å². The molecule has 3 aromatic rings. The molecule has 3 rings (SSSR count). The molecule has 5 heteroatoms. The number of amides is 1. The molecule has 106 valence electrons. The number of ether oxygens (including phenoxy) is 1. The lowest BCUT2D eigenvalue weighted by atomic mass is 10.2. The number of hydrogen-bond acceptors (Lipinski definition) is 3.